The molecule has 280 valence electrons. The Kier molecular flexibility index (Phi) is 8.62. The van der Waals surface area contributed by atoms with Gasteiger partial charge in [0.25, 0.3) is 5.56 Å². The summed E-state index contributed by atoms with van der Waals surface area (Å²) >= 11 is 14.0. The monoisotopic (exact) mass is 781 g/mol. The molecule has 1 spiro atoms. The minimum absolute atomic E-state index is 0.0773. The summed E-state index contributed by atoms with van der Waals surface area (Å²) in [4.78, 5) is 52.1. The lowest BCUT2D eigenvalue weighted by Gasteiger charge is -2.28. The van der Waals surface area contributed by atoms with E-state index in [0.29, 0.717) is 39.8 Å². The largest absolute Gasteiger partial charge is 0.481 e. The van der Waals surface area contributed by atoms with Crippen LogP contribution in [0.15, 0.2) is 52.1 Å². The Labute approximate surface area is 315 Å². The van der Waals surface area contributed by atoms with Crippen molar-refractivity contribution in [2.45, 2.75) is 37.0 Å². The summed E-state index contributed by atoms with van der Waals surface area (Å²) in [5.74, 6) is -1.54. The number of rotatable bonds is 6. The second-order valence-electron chi connectivity index (χ2n) is 13.7. The number of likely N-dealkylation sites (tertiary alicyclic amines) is 1. The van der Waals surface area contributed by atoms with E-state index in [1.165, 1.54) is 20.2 Å². The van der Waals surface area contributed by atoms with Crippen LogP contribution in [0.1, 0.15) is 35.8 Å². The van der Waals surface area contributed by atoms with Gasteiger partial charge in [0.1, 0.15) is 11.2 Å². The second kappa shape index (κ2) is 13.0. The zero-order valence-electron chi connectivity index (χ0n) is 29.1. The van der Waals surface area contributed by atoms with E-state index >= 15 is 0 Å². The summed E-state index contributed by atoms with van der Waals surface area (Å²) in [5.41, 5.74) is 1.85. The van der Waals surface area contributed by atoms with Crippen LogP contribution < -0.4 is 31.9 Å². The van der Waals surface area contributed by atoms with Crippen molar-refractivity contribution in [3.8, 4) is 28.3 Å². The van der Waals surface area contributed by atoms with Gasteiger partial charge in [-0.15, -0.1) is 0 Å². The lowest BCUT2D eigenvalue weighted by atomic mass is 9.99. The molecule has 18 heteroatoms. The average Bonchev–Trinajstić information content (AvgIpc) is 3.87. The Hall–Kier alpha value is -5.19. The van der Waals surface area contributed by atoms with E-state index in [2.05, 4.69) is 30.8 Å². The van der Waals surface area contributed by atoms with Gasteiger partial charge in [0.05, 0.1) is 34.1 Å². The van der Waals surface area contributed by atoms with Crippen LogP contribution in [-0.2, 0) is 26.7 Å². The Morgan fingerprint density at radius 3 is 2.41 bits per heavy atom. The molecule has 3 N–H and O–H groups in total. The number of aryl methyl sites for hydroxylation is 2. The topological polar surface area (TPSA) is 148 Å². The third-order valence-corrected chi connectivity index (χ3v) is 11.3. The molecule has 2 amide bonds. The lowest BCUT2D eigenvalue weighted by molar-refractivity contribution is -0.144. The maximum Gasteiger partial charge on any atom is 0.451 e. The maximum atomic E-state index is 13.9. The highest BCUT2D eigenvalue weighted by Gasteiger charge is 2.47. The Balaban J connectivity index is 1.15. The predicted molar refractivity (Wildman–Crippen MR) is 197 cm³/mol. The average molecular weight is 783 g/mol. The van der Waals surface area contributed by atoms with E-state index < -0.39 is 34.7 Å². The molecular formula is C36H32Cl2F3N9O4. The number of hydrogen-bond donors (Lipinski definition) is 3. The van der Waals surface area contributed by atoms with E-state index in [9.17, 15) is 27.6 Å². The van der Waals surface area contributed by atoms with Crippen molar-refractivity contribution in [1.29, 1.82) is 0 Å². The zero-order valence-corrected chi connectivity index (χ0v) is 30.6. The molecule has 5 heterocycles. The molecule has 54 heavy (non-hydrogen) atoms. The molecule has 2 aromatic carbocycles. The molecule has 13 nitrogen and oxygen atoms in total. The highest BCUT2D eigenvalue weighted by Crippen LogP contribution is 2.47. The van der Waals surface area contributed by atoms with Gasteiger partial charge in [-0.05, 0) is 37.0 Å². The molecular weight excluding hydrogens is 750 g/mol. The third kappa shape index (κ3) is 5.83. The number of pyridine rings is 1. The SMILES string of the molecule is COc1nc(-c2cccc(-c3cccc(Nc4nc(C(F)(F)F)nc5c4c(=O)n(C)c(=O)n5C)c3Cl)c2Cl)cc2c1C(N1CCC3(CNC(=O)N3)C1)CC2. The molecule has 1 aliphatic carbocycles. The van der Waals surface area contributed by atoms with Gasteiger partial charge in [0.2, 0.25) is 11.7 Å². The third-order valence-electron chi connectivity index (χ3n) is 10.5. The summed E-state index contributed by atoms with van der Waals surface area (Å²) in [6, 6.07) is 12.2. The first kappa shape index (κ1) is 35.8. The first-order valence-electron chi connectivity index (χ1n) is 17.0. The van der Waals surface area contributed by atoms with Crippen LogP contribution in [0, 0.1) is 0 Å². The van der Waals surface area contributed by atoms with Crippen LogP contribution in [-0.4, -0.2) is 67.3 Å². The lowest BCUT2D eigenvalue weighted by Crippen LogP contribution is -2.46. The highest BCUT2D eigenvalue weighted by molar-refractivity contribution is 6.39. The molecule has 2 unspecified atom stereocenters. The fourth-order valence-electron chi connectivity index (χ4n) is 7.81. The number of amides is 2. The summed E-state index contributed by atoms with van der Waals surface area (Å²) in [6.45, 7) is 2.13. The number of carbonyl (C=O) groups is 1. The number of halogens is 5. The number of aromatic nitrogens is 5. The fourth-order valence-corrected chi connectivity index (χ4v) is 8.41. The number of ether oxygens (including phenoxy) is 1. The van der Waals surface area contributed by atoms with E-state index in [1.54, 1.807) is 31.4 Å². The Morgan fingerprint density at radius 2 is 1.70 bits per heavy atom. The van der Waals surface area contributed by atoms with Crippen molar-refractivity contribution < 1.29 is 22.7 Å². The number of methoxy groups -OCH3 is 1. The van der Waals surface area contributed by atoms with Crippen molar-refractivity contribution in [3.63, 3.8) is 0 Å². The van der Waals surface area contributed by atoms with Crippen LogP contribution in [0.4, 0.5) is 29.5 Å². The summed E-state index contributed by atoms with van der Waals surface area (Å²) in [7, 11) is 4.00. The number of nitrogens with zero attached hydrogens (tertiary/aromatic N) is 6. The van der Waals surface area contributed by atoms with Crippen molar-refractivity contribution in [2.75, 3.05) is 32.1 Å². The molecule has 5 aromatic rings. The number of hydrogen-bond acceptors (Lipinski definition) is 9. The van der Waals surface area contributed by atoms with Gasteiger partial charge in [0.15, 0.2) is 5.65 Å². The van der Waals surface area contributed by atoms with Crippen LogP contribution in [0.5, 0.6) is 5.88 Å². The van der Waals surface area contributed by atoms with Crippen LogP contribution in [0.25, 0.3) is 33.4 Å². The van der Waals surface area contributed by atoms with Crippen LogP contribution in [0.2, 0.25) is 10.0 Å². The first-order chi connectivity index (χ1) is 25.7. The van der Waals surface area contributed by atoms with E-state index in [0.717, 1.165) is 52.6 Å². The molecule has 0 bridgehead atoms. The highest BCUT2D eigenvalue weighted by atomic mass is 35.5. The molecule has 3 aromatic heterocycles. The van der Waals surface area contributed by atoms with Gasteiger partial charge in [0, 0.05) is 62.0 Å². The summed E-state index contributed by atoms with van der Waals surface area (Å²) in [5, 5.41) is 8.85. The number of carbonyl (C=O) groups excluding carboxylic acids is 1. The molecule has 2 saturated heterocycles. The number of urea groups is 1. The smallest absolute Gasteiger partial charge is 0.451 e. The summed E-state index contributed by atoms with van der Waals surface area (Å²) < 4.78 is 49.2. The zero-order chi connectivity index (χ0) is 38.3. The minimum atomic E-state index is -4.99. The number of benzene rings is 2. The number of fused-ring (bicyclic) bond motifs is 2. The quantitative estimate of drug-likeness (QED) is 0.201. The Morgan fingerprint density at radius 1 is 0.981 bits per heavy atom. The van der Waals surface area contributed by atoms with Gasteiger partial charge in [-0.2, -0.15) is 13.2 Å². The van der Waals surface area contributed by atoms with Gasteiger partial charge < -0.3 is 20.7 Å². The van der Waals surface area contributed by atoms with Crippen molar-refractivity contribution in [3.05, 3.63) is 90.3 Å². The van der Waals surface area contributed by atoms with Crippen molar-refractivity contribution in [2.24, 2.45) is 14.1 Å². The van der Waals surface area contributed by atoms with Gasteiger partial charge >= 0.3 is 17.9 Å². The van der Waals surface area contributed by atoms with Crippen LogP contribution >= 0.6 is 23.2 Å². The number of alkyl halides is 3. The van der Waals surface area contributed by atoms with Crippen LogP contribution in [0.3, 0.4) is 0 Å². The molecule has 8 rings (SSSR count). The standard InChI is InChI=1S/C36H32Cl2F3N9O4/c1-48-29-25(31(51)49(2)34(48)53)28(45-32(46-29)36(39,40)41)43-21-9-5-7-19(27(21)38)18-6-4-8-20(26(18)37)22-14-17-10-11-23(24(17)30(44-22)54-3)50-13-12-35(16-50)15-42-33(52)47-35/h4-9,14,23H,10-13,15-16H2,1-3H3,(H2,42,47,52)(H,43,45,46). The van der Waals surface area contributed by atoms with E-state index in [4.69, 9.17) is 32.9 Å². The molecule has 2 fully saturated rings. The second-order valence-corrected chi connectivity index (χ2v) is 14.5. The first-order valence-corrected chi connectivity index (χ1v) is 17.7. The van der Waals surface area contributed by atoms with Gasteiger partial charge in [-0.1, -0.05) is 53.5 Å². The number of nitrogens with one attached hydrogen (secondary N) is 3. The predicted octanol–water partition coefficient (Wildman–Crippen LogP) is 5.58. The Bertz CT molecular complexity index is 2530. The maximum absolute atomic E-state index is 13.9. The molecule has 2 atom stereocenters. The number of anilines is 2. The molecule has 0 saturated carbocycles. The fraction of sp³-hybridized carbons (Fsp3) is 0.333. The van der Waals surface area contributed by atoms with Crippen molar-refractivity contribution >= 4 is 51.8 Å². The molecule has 3 aliphatic rings. The summed E-state index contributed by atoms with van der Waals surface area (Å²) in [6.07, 6.45) is -2.48. The normalized spacial score (nSPS) is 19.7. The molecule has 0 radical (unpaired) electrons. The van der Waals surface area contributed by atoms with E-state index in [-0.39, 0.29) is 33.7 Å². The van der Waals surface area contributed by atoms with Gasteiger partial charge in [-0.25, -0.2) is 24.5 Å². The van der Waals surface area contributed by atoms with Crippen molar-refractivity contribution in [1.82, 2.24) is 39.6 Å². The minimum Gasteiger partial charge on any atom is -0.481 e. The molecule has 2 aliphatic heterocycles. The van der Waals surface area contributed by atoms with Gasteiger partial charge in [-0.3, -0.25) is 18.8 Å². The van der Waals surface area contributed by atoms with E-state index in [1.807, 2.05) is 12.1 Å².